The number of carboxylic acid groups (broad SMARTS) is 1. The van der Waals surface area contributed by atoms with Crippen molar-refractivity contribution in [1.29, 1.82) is 0 Å². The van der Waals surface area contributed by atoms with Crippen molar-refractivity contribution in [3.05, 3.63) is 41.3 Å². The Morgan fingerprint density at radius 2 is 1.90 bits per heavy atom. The highest BCUT2D eigenvalue weighted by molar-refractivity contribution is 7.94. The predicted octanol–water partition coefficient (Wildman–Crippen LogP) is 1.90. The molecule has 1 saturated heterocycles. The molecule has 1 aromatic heterocycles. The van der Waals surface area contributed by atoms with E-state index in [0.29, 0.717) is 45.0 Å². The van der Waals surface area contributed by atoms with Crippen LogP contribution in [0.2, 0.25) is 0 Å². The third-order valence-electron chi connectivity index (χ3n) is 4.90. The molecule has 2 aromatic rings. The van der Waals surface area contributed by atoms with Crippen LogP contribution in [-0.2, 0) is 14.8 Å². The number of carbonyl (C=O) groups excluding carboxylic acids is 1. The van der Waals surface area contributed by atoms with Crippen molar-refractivity contribution < 1.29 is 23.1 Å². The molecule has 168 valence electrons. The fourth-order valence-electron chi connectivity index (χ4n) is 3.31. The summed E-state index contributed by atoms with van der Waals surface area (Å²) in [6.07, 6.45) is 0.885. The molecule has 3 N–H and O–H groups in total. The van der Waals surface area contributed by atoms with E-state index in [1.54, 1.807) is 17.5 Å². The van der Waals surface area contributed by atoms with Crippen molar-refractivity contribution in [3.8, 4) is 0 Å². The first-order valence-electron chi connectivity index (χ1n) is 9.98. The van der Waals surface area contributed by atoms with Crippen LogP contribution < -0.4 is 14.9 Å². The first-order valence-corrected chi connectivity index (χ1v) is 12.3. The molecule has 0 aliphatic carbocycles. The SMILES string of the molecule is CCCNC(=O)CN1CCN(c2ccc(C(=O)O)cc2NS(=O)(=O)c2cccs2)CC1. The number of rotatable bonds is 9. The summed E-state index contributed by atoms with van der Waals surface area (Å²) in [6.45, 7) is 5.42. The van der Waals surface area contributed by atoms with Crippen LogP contribution in [0.25, 0.3) is 0 Å². The number of anilines is 2. The van der Waals surface area contributed by atoms with Crippen molar-refractivity contribution in [1.82, 2.24) is 10.2 Å². The van der Waals surface area contributed by atoms with Crippen LogP contribution in [0.5, 0.6) is 0 Å². The fourth-order valence-corrected chi connectivity index (χ4v) is 5.37. The van der Waals surface area contributed by atoms with Gasteiger partial charge in [0.15, 0.2) is 0 Å². The Hall–Kier alpha value is -2.63. The number of piperazine rings is 1. The highest BCUT2D eigenvalue weighted by atomic mass is 32.2. The quantitative estimate of drug-likeness (QED) is 0.516. The second-order valence-electron chi connectivity index (χ2n) is 7.19. The van der Waals surface area contributed by atoms with Crippen molar-refractivity contribution >= 4 is 44.6 Å². The topological polar surface area (TPSA) is 119 Å². The van der Waals surface area contributed by atoms with E-state index in [0.717, 1.165) is 17.8 Å². The Morgan fingerprint density at radius 1 is 1.16 bits per heavy atom. The lowest BCUT2D eigenvalue weighted by atomic mass is 10.1. The highest BCUT2D eigenvalue weighted by Gasteiger charge is 2.24. The minimum atomic E-state index is -3.82. The van der Waals surface area contributed by atoms with E-state index in [1.807, 2.05) is 16.7 Å². The Labute approximate surface area is 185 Å². The van der Waals surface area contributed by atoms with Gasteiger partial charge in [0.2, 0.25) is 5.91 Å². The minimum Gasteiger partial charge on any atom is -0.478 e. The molecule has 1 fully saturated rings. The lowest BCUT2D eigenvalue weighted by Crippen LogP contribution is -2.49. The van der Waals surface area contributed by atoms with Gasteiger partial charge in [-0.3, -0.25) is 14.4 Å². The monoisotopic (exact) mass is 466 g/mol. The number of sulfonamides is 1. The molecule has 11 heteroatoms. The van der Waals surface area contributed by atoms with Crippen molar-refractivity contribution in [2.45, 2.75) is 17.6 Å². The van der Waals surface area contributed by atoms with Gasteiger partial charge in [0.05, 0.1) is 23.5 Å². The second kappa shape index (κ2) is 10.1. The number of hydrogen-bond donors (Lipinski definition) is 3. The van der Waals surface area contributed by atoms with Crippen LogP contribution in [0.1, 0.15) is 23.7 Å². The van der Waals surface area contributed by atoms with Crippen LogP contribution in [-0.4, -0.2) is 69.6 Å². The summed E-state index contributed by atoms with van der Waals surface area (Å²) in [5.74, 6) is -1.14. The number of thiophene rings is 1. The van der Waals surface area contributed by atoms with Gasteiger partial charge in [-0.15, -0.1) is 11.3 Å². The minimum absolute atomic E-state index is 0.00105. The number of nitrogens with zero attached hydrogens (tertiary/aromatic N) is 2. The Morgan fingerprint density at radius 3 is 2.52 bits per heavy atom. The normalized spacial score (nSPS) is 14.9. The summed E-state index contributed by atoms with van der Waals surface area (Å²) in [5, 5.41) is 13.9. The third-order valence-corrected chi connectivity index (χ3v) is 7.66. The first-order chi connectivity index (χ1) is 14.8. The van der Waals surface area contributed by atoms with Gasteiger partial charge < -0.3 is 15.3 Å². The molecule has 2 heterocycles. The lowest BCUT2D eigenvalue weighted by molar-refractivity contribution is -0.122. The molecule has 1 aliphatic rings. The molecule has 0 unspecified atom stereocenters. The summed E-state index contributed by atoms with van der Waals surface area (Å²) < 4.78 is 28.1. The zero-order valence-electron chi connectivity index (χ0n) is 17.2. The molecular formula is C20H26N4O5S2. The van der Waals surface area contributed by atoms with Crippen molar-refractivity contribution in [3.63, 3.8) is 0 Å². The Balaban J connectivity index is 1.75. The van der Waals surface area contributed by atoms with Gasteiger partial charge in [0.1, 0.15) is 4.21 Å². The molecule has 0 spiro atoms. The van der Waals surface area contributed by atoms with Gasteiger partial charge in [-0.25, -0.2) is 13.2 Å². The van der Waals surface area contributed by atoms with Gasteiger partial charge in [-0.05, 0) is 36.1 Å². The first kappa shape index (κ1) is 23.0. The van der Waals surface area contributed by atoms with Gasteiger partial charge in [0, 0.05) is 32.7 Å². The number of carbonyl (C=O) groups is 2. The van der Waals surface area contributed by atoms with Crippen molar-refractivity contribution in [2.75, 3.05) is 48.9 Å². The van der Waals surface area contributed by atoms with Crippen LogP contribution in [0.15, 0.2) is 39.9 Å². The maximum absolute atomic E-state index is 12.7. The predicted molar refractivity (Wildman–Crippen MR) is 120 cm³/mol. The number of benzene rings is 1. The maximum atomic E-state index is 12.7. The second-order valence-corrected chi connectivity index (χ2v) is 10.0. The van der Waals surface area contributed by atoms with E-state index < -0.39 is 16.0 Å². The largest absolute Gasteiger partial charge is 0.478 e. The standard InChI is InChI=1S/C20H26N4O5S2/c1-2-7-21-18(25)14-23-8-10-24(11-9-23)17-6-5-15(20(26)27)13-16(17)22-31(28,29)19-4-3-12-30-19/h3-6,12-13,22H,2,7-11,14H2,1H3,(H,21,25)(H,26,27). The summed E-state index contributed by atoms with van der Waals surface area (Å²) in [7, 11) is -3.82. The molecule has 1 aromatic carbocycles. The van der Waals surface area contributed by atoms with Gasteiger partial charge >= 0.3 is 5.97 Å². The van der Waals surface area contributed by atoms with E-state index in [9.17, 15) is 23.1 Å². The summed E-state index contributed by atoms with van der Waals surface area (Å²) in [4.78, 5) is 27.4. The Kier molecular flexibility index (Phi) is 7.52. The average Bonchev–Trinajstić information content (AvgIpc) is 3.29. The molecule has 0 saturated carbocycles. The molecule has 1 amide bonds. The number of aromatic carboxylic acids is 1. The maximum Gasteiger partial charge on any atom is 0.335 e. The lowest BCUT2D eigenvalue weighted by Gasteiger charge is -2.36. The van der Waals surface area contributed by atoms with Gasteiger partial charge in [-0.1, -0.05) is 13.0 Å². The third kappa shape index (κ3) is 5.96. The molecular weight excluding hydrogens is 440 g/mol. The van der Waals surface area contributed by atoms with Crippen LogP contribution in [0.3, 0.4) is 0 Å². The molecule has 0 radical (unpaired) electrons. The van der Waals surface area contributed by atoms with E-state index >= 15 is 0 Å². The van der Waals surface area contributed by atoms with E-state index in [-0.39, 0.29) is 21.4 Å². The molecule has 1 aliphatic heterocycles. The van der Waals surface area contributed by atoms with Crippen LogP contribution in [0, 0.1) is 0 Å². The zero-order valence-corrected chi connectivity index (χ0v) is 18.8. The molecule has 31 heavy (non-hydrogen) atoms. The number of hydrogen-bond acceptors (Lipinski definition) is 7. The zero-order chi connectivity index (χ0) is 22.4. The van der Waals surface area contributed by atoms with Gasteiger partial charge in [0.25, 0.3) is 10.0 Å². The van der Waals surface area contributed by atoms with Crippen molar-refractivity contribution in [2.24, 2.45) is 0 Å². The molecule has 9 nitrogen and oxygen atoms in total. The van der Waals surface area contributed by atoms with E-state index in [1.165, 1.54) is 18.2 Å². The van der Waals surface area contributed by atoms with Crippen LogP contribution >= 0.6 is 11.3 Å². The van der Waals surface area contributed by atoms with E-state index in [2.05, 4.69) is 10.0 Å². The summed E-state index contributed by atoms with van der Waals surface area (Å²) in [6, 6.07) is 7.57. The number of nitrogens with one attached hydrogen (secondary N) is 2. The fraction of sp³-hybridized carbons (Fsp3) is 0.400. The summed E-state index contributed by atoms with van der Waals surface area (Å²) >= 11 is 1.09. The van der Waals surface area contributed by atoms with Gasteiger partial charge in [-0.2, -0.15) is 0 Å². The number of amides is 1. The van der Waals surface area contributed by atoms with Crippen LogP contribution in [0.4, 0.5) is 11.4 Å². The molecule has 0 atom stereocenters. The Bertz CT molecular complexity index is 1020. The molecule has 3 rings (SSSR count). The average molecular weight is 467 g/mol. The van der Waals surface area contributed by atoms with E-state index in [4.69, 9.17) is 0 Å². The summed E-state index contributed by atoms with van der Waals surface area (Å²) in [5.41, 5.74) is 0.835. The molecule has 0 bridgehead atoms. The number of carboxylic acids is 1. The highest BCUT2D eigenvalue weighted by Crippen LogP contribution is 2.31. The smallest absolute Gasteiger partial charge is 0.335 e.